The molecule has 3 nitrogen and oxygen atoms in total. The quantitative estimate of drug-likeness (QED) is 0.739. The first-order chi connectivity index (χ1) is 11.8. The minimum absolute atomic E-state index is 0.103. The van der Waals surface area contributed by atoms with Crippen LogP contribution in [0.3, 0.4) is 0 Å². The average molecular weight is 341 g/mol. The first-order valence-electron chi connectivity index (χ1n) is 8.44. The Morgan fingerprint density at radius 1 is 1.21 bits per heavy atom. The fourth-order valence-corrected chi connectivity index (χ4v) is 3.80. The molecule has 1 aromatic carbocycles. The summed E-state index contributed by atoms with van der Waals surface area (Å²) in [7, 11) is 1.67. The van der Waals surface area contributed by atoms with E-state index >= 15 is 0 Å². The summed E-state index contributed by atoms with van der Waals surface area (Å²) in [6.07, 6.45) is 8.08. The largest absolute Gasteiger partial charge is 0.497 e. The number of rotatable bonds is 4. The van der Waals surface area contributed by atoms with Crippen molar-refractivity contribution in [2.45, 2.75) is 31.7 Å². The molecule has 4 heteroatoms. The van der Waals surface area contributed by atoms with Crippen molar-refractivity contribution in [1.29, 1.82) is 0 Å². The summed E-state index contributed by atoms with van der Waals surface area (Å²) >= 11 is 1.65. The van der Waals surface area contributed by atoms with Gasteiger partial charge >= 0.3 is 0 Å². The van der Waals surface area contributed by atoms with Crippen molar-refractivity contribution in [3.63, 3.8) is 0 Å². The maximum Gasteiger partial charge on any atom is 0.247 e. The molecule has 126 valence electrons. The lowest BCUT2D eigenvalue weighted by Gasteiger charge is -2.29. The van der Waals surface area contributed by atoms with Gasteiger partial charge in [0.25, 0.3) is 0 Å². The molecule has 0 radical (unpaired) electrons. The van der Waals surface area contributed by atoms with Gasteiger partial charge in [0.2, 0.25) is 5.91 Å². The highest BCUT2D eigenvalue weighted by atomic mass is 32.1. The molecule has 0 aliphatic carbocycles. The minimum Gasteiger partial charge on any atom is -0.497 e. The van der Waals surface area contributed by atoms with Crippen LogP contribution in [0.1, 0.15) is 42.2 Å². The second-order valence-electron chi connectivity index (χ2n) is 6.02. The van der Waals surface area contributed by atoms with Crippen molar-refractivity contribution in [1.82, 2.24) is 4.90 Å². The predicted molar refractivity (Wildman–Crippen MR) is 99.3 cm³/mol. The Balaban J connectivity index is 1.79. The van der Waals surface area contributed by atoms with Gasteiger partial charge in [0.1, 0.15) is 5.75 Å². The molecule has 24 heavy (non-hydrogen) atoms. The van der Waals surface area contributed by atoms with Crippen molar-refractivity contribution in [2.75, 3.05) is 13.7 Å². The predicted octanol–water partition coefficient (Wildman–Crippen LogP) is 4.91. The van der Waals surface area contributed by atoms with Crippen LogP contribution in [0.2, 0.25) is 0 Å². The Morgan fingerprint density at radius 2 is 2.04 bits per heavy atom. The lowest BCUT2D eigenvalue weighted by atomic mass is 10.0. The normalized spacial score (nSPS) is 18.5. The molecule has 0 saturated carbocycles. The van der Waals surface area contributed by atoms with Gasteiger partial charge in [-0.05, 0) is 48.1 Å². The fourth-order valence-electron chi connectivity index (χ4n) is 3.18. The van der Waals surface area contributed by atoms with Crippen LogP contribution in [0, 0.1) is 0 Å². The molecule has 1 atom stereocenters. The van der Waals surface area contributed by atoms with Gasteiger partial charge in [0.05, 0.1) is 13.2 Å². The van der Waals surface area contributed by atoms with Gasteiger partial charge in [-0.25, -0.2) is 0 Å². The van der Waals surface area contributed by atoms with Gasteiger partial charge in [-0.15, -0.1) is 11.3 Å². The molecule has 1 aliphatic rings. The molecule has 0 bridgehead atoms. The van der Waals surface area contributed by atoms with Crippen molar-refractivity contribution in [3.05, 3.63) is 58.3 Å². The molecular weight excluding hydrogens is 318 g/mol. The average Bonchev–Trinajstić information content (AvgIpc) is 3.02. The molecular formula is C20H23NO2S. The molecule has 1 aromatic heterocycles. The minimum atomic E-state index is 0.103. The van der Waals surface area contributed by atoms with E-state index in [-0.39, 0.29) is 11.9 Å². The molecule has 3 rings (SSSR count). The Hall–Kier alpha value is -2.07. The number of nitrogens with zero attached hydrogens (tertiary/aromatic N) is 1. The monoisotopic (exact) mass is 341 g/mol. The first kappa shape index (κ1) is 16.8. The van der Waals surface area contributed by atoms with Crippen LogP contribution >= 0.6 is 11.3 Å². The van der Waals surface area contributed by atoms with Crippen LogP contribution < -0.4 is 4.74 Å². The van der Waals surface area contributed by atoms with E-state index in [9.17, 15) is 4.79 Å². The number of carbonyl (C=O) groups is 1. The highest BCUT2D eigenvalue weighted by molar-refractivity contribution is 7.10. The zero-order chi connectivity index (χ0) is 16.8. The molecule has 0 N–H and O–H groups in total. The van der Waals surface area contributed by atoms with Crippen LogP contribution in [-0.4, -0.2) is 24.5 Å². The molecule has 2 heterocycles. The van der Waals surface area contributed by atoms with Gasteiger partial charge in [0.15, 0.2) is 0 Å². The lowest BCUT2D eigenvalue weighted by molar-refractivity contribution is -0.128. The van der Waals surface area contributed by atoms with E-state index in [1.54, 1.807) is 24.5 Å². The third-order valence-electron chi connectivity index (χ3n) is 4.47. The second-order valence-corrected chi connectivity index (χ2v) is 7.00. The summed E-state index contributed by atoms with van der Waals surface area (Å²) in [6, 6.07) is 12.3. The summed E-state index contributed by atoms with van der Waals surface area (Å²) < 4.78 is 5.24. The van der Waals surface area contributed by atoms with Crippen LogP contribution in [0.25, 0.3) is 6.08 Å². The van der Waals surface area contributed by atoms with Gasteiger partial charge in [-0.1, -0.05) is 31.0 Å². The van der Waals surface area contributed by atoms with E-state index in [1.807, 2.05) is 40.6 Å². The molecule has 1 aliphatic heterocycles. The van der Waals surface area contributed by atoms with E-state index in [1.165, 1.54) is 12.0 Å². The Bertz CT molecular complexity index is 676. The molecule has 0 unspecified atom stereocenters. The second kappa shape index (κ2) is 8.15. The van der Waals surface area contributed by atoms with Crippen molar-refractivity contribution in [2.24, 2.45) is 0 Å². The number of ether oxygens (including phenoxy) is 1. The number of likely N-dealkylation sites (tertiary alicyclic amines) is 1. The third kappa shape index (κ3) is 4.06. The van der Waals surface area contributed by atoms with E-state index < -0.39 is 0 Å². The maximum atomic E-state index is 12.8. The number of hydrogen-bond donors (Lipinski definition) is 0. The third-order valence-corrected chi connectivity index (χ3v) is 5.31. The molecule has 1 fully saturated rings. The van der Waals surface area contributed by atoms with Gasteiger partial charge < -0.3 is 9.64 Å². The number of hydrogen-bond acceptors (Lipinski definition) is 3. The number of methoxy groups -OCH3 is 1. The van der Waals surface area contributed by atoms with Gasteiger partial charge in [-0.3, -0.25) is 4.79 Å². The summed E-state index contributed by atoms with van der Waals surface area (Å²) in [5.41, 5.74) is 1.19. The topological polar surface area (TPSA) is 29.5 Å². The maximum absolute atomic E-state index is 12.8. The van der Waals surface area contributed by atoms with Gasteiger partial charge in [0, 0.05) is 17.5 Å². The zero-order valence-electron chi connectivity index (χ0n) is 14.0. The van der Waals surface area contributed by atoms with Gasteiger partial charge in [-0.2, -0.15) is 0 Å². The highest BCUT2D eigenvalue weighted by Crippen LogP contribution is 2.31. The Kier molecular flexibility index (Phi) is 5.70. The lowest BCUT2D eigenvalue weighted by Crippen LogP contribution is -2.33. The summed E-state index contributed by atoms with van der Waals surface area (Å²) in [5.74, 6) is 0.953. The van der Waals surface area contributed by atoms with Crippen LogP contribution in [0.5, 0.6) is 5.75 Å². The fraction of sp³-hybridized carbons (Fsp3) is 0.350. The van der Waals surface area contributed by atoms with Crippen LogP contribution in [-0.2, 0) is 4.79 Å². The standard InChI is InChI=1S/C20H23NO2S/c1-23-17-10-8-16(9-11-17)19-7-3-2-4-14-21(19)20(22)13-12-18-6-5-15-24-18/h5-6,8-13,15,19H,2-4,7,14H2,1H3/b13-12+/t19-/m1/s1. The Labute approximate surface area is 147 Å². The van der Waals surface area contributed by atoms with E-state index in [2.05, 4.69) is 12.1 Å². The number of benzene rings is 1. The van der Waals surface area contributed by atoms with Crippen molar-refractivity contribution < 1.29 is 9.53 Å². The van der Waals surface area contributed by atoms with Crippen molar-refractivity contribution in [3.8, 4) is 5.75 Å². The SMILES string of the molecule is COc1ccc([C@H]2CCCCCN2C(=O)/C=C/c2cccs2)cc1. The molecule has 0 spiro atoms. The molecule has 1 amide bonds. The number of carbonyl (C=O) groups excluding carboxylic acids is 1. The first-order valence-corrected chi connectivity index (χ1v) is 9.32. The highest BCUT2D eigenvalue weighted by Gasteiger charge is 2.25. The summed E-state index contributed by atoms with van der Waals surface area (Å²) in [6.45, 7) is 0.824. The van der Waals surface area contributed by atoms with Crippen LogP contribution in [0.15, 0.2) is 47.9 Å². The van der Waals surface area contributed by atoms with E-state index in [0.29, 0.717) is 0 Å². The Morgan fingerprint density at radius 3 is 2.75 bits per heavy atom. The number of amides is 1. The summed E-state index contributed by atoms with van der Waals surface area (Å²) in [5, 5.41) is 2.02. The van der Waals surface area contributed by atoms with E-state index in [4.69, 9.17) is 4.74 Å². The molecule has 1 saturated heterocycles. The van der Waals surface area contributed by atoms with Crippen molar-refractivity contribution >= 4 is 23.3 Å². The smallest absolute Gasteiger partial charge is 0.247 e. The number of thiophene rings is 1. The molecule has 2 aromatic rings. The summed E-state index contributed by atoms with van der Waals surface area (Å²) in [4.78, 5) is 15.9. The zero-order valence-corrected chi connectivity index (χ0v) is 14.8. The van der Waals surface area contributed by atoms with Crippen LogP contribution in [0.4, 0.5) is 0 Å². The van der Waals surface area contributed by atoms with E-state index in [0.717, 1.165) is 36.4 Å².